The third-order valence-electron chi connectivity index (χ3n) is 34.6. The normalized spacial score (nSPS) is 18.4. The Morgan fingerprint density at radius 3 is 0.691 bits per heavy atom. The molecule has 18 aromatic carbocycles. The van der Waals surface area contributed by atoms with Gasteiger partial charge in [-0.05, 0) is 266 Å². The summed E-state index contributed by atoms with van der Waals surface area (Å²) in [6.07, 6.45) is 11.2. The van der Waals surface area contributed by atoms with Gasteiger partial charge in [0.2, 0.25) is 0 Å². The van der Waals surface area contributed by atoms with Crippen LogP contribution in [0.5, 0.6) is 0 Å². The molecule has 0 saturated heterocycles. The molecule has 0 amide bonds. The zero-order chi connectivity index (χ0) is 97.9. The first-order chi connectivity index (χ1) is 72.9. The molecule has 3 aromatic heterocycles. The molecule has 7 heteroatoms. The smallest absolute Gasteiger partial charge is 0.304 e. The largest absolute Gasteiger partial charge is 3.00 e. The number of hydrogen-bond acceptors (Lipinski definition) is 6. The molecule has 21 aromatic rings. The minimum Gasteiger partial charge on any atom is -0.304 e. The third kappa shape index (κ3) is 13.0. The molecule has 4 fully saturated rings. The third-order valence-corrected chi connectivity index (χ3v) is 34.6. The van der Waals surface area contributed by atoms with Gasteiger partial charge in [-0.2, -0.15) is 0 Å². The van der Waals surface area contributed by atoms with Crippen molar-refractivity contribution in [3.8, 4) is 167 Å². The van der Waals surface area contributed by atoms with Crippen molar-refractivity contribution < 1.29 is 20.1 Å². The van der Waals surface area contributed by atoms with Crippen molar-refractivity contribution in [2.45, 2.75) is 92.2 Å². The fourth-order valence-electron chi connectivity index (χ4n) is 29.6. The summed E-state index contributed by atoms with van der Waals surface area (Å²) in [4.78, 5) is 35.7. The van der Waals surface area contributed by atoms with Gasteiger partial charge in [0.15, 0.2) is 0 Å². The maximum absolute atomic E-state index is 6.35. The molecular formula is C142H97IrN6. The zero-order valence-corrected chi connectivity index (χ0v) is 85.0. The Kier molecular flexibility index (Phi) is 20.1. The van der Waals surface area contributed by atoms with Crippen molar-refractivity contribution in [2.75, 3.05) is 0 Å². The number of rotatable bonds is 15. The quantitative estimate of drug-likeness (QED) is 0.0758. The first kappa shape index (κ1) is 88.5. The minimum absolute atomic E-state index is 0. The summed E-state index contributed by atoms with van der Waals surface area (Å²) in [6.45, 7) is 6.71. The zero-order valence-electron chi connectivity index (χ0n) is 82.6. The van der Waals surface area contributed by atoms with Crippen LogP contribution in [0.4, 0.5) is 0 Å². The molecule has 6 nitrogen and oxygen atoms in total. The Morgan fingerprint density at radius 2 is 0.436 bits per heavy atom. The molecule has 3 spiro atoms. The van der Waals surface area contributed by atoms with Crippen LogP contribution in [0.15, 0.2) is 470 Å². The fraction of sp³-hybridized carbons (Fsp3) is 0.113. The van der Waals surface area contributed by atoms with Crippen molar-refractivity contribution >= 4 is 17.1 Å². The number of benzene rings is 18. The molecule has 0 N–H and O–H groups in total. The van der Waals surface area contributed by atoms with Gasteiger partial charge in [0.05, 0.1) is 32.9 Å². The SMILES string of the molecule is CC(=NC12CC3CC(N=C(C)c4cnc(-c5[c-]ccc(-c6cccc7c6-c6ccccc6C76c7ccccc7-c7ccccc76)c5)cc4-c4ccccc4)(C1)CC(N=C(C)c1cnc(-c4[c-]ccc(-c5cccc6c5-c5ccccc5C65c6ccccc6-c6ccccc65)c4)cc1-c1ccccc1)(C3)C2)c1cnc(-c2[c-]ccc(-c3cccc4c3-c3ccccc3C43c4ccccc4-c4ccccc43)c2)cc1-c1ccccc1.[Ir+3]. The summed E-state index contributed by atoms with van der Waals surface area (Å²) in [5.41, 5.74) is 52.4. The molecule has 10 aliphatic rings. The van der Waals surface area contributed by atoms with Crippen LogP contribution in [0.1, 0.15) is 143 Å². The van der Waals surface area contributed by atoms with E-state index in [0.717, 1.165) is 156 Å². The van der Waals surface area contributed by atoms with Crippen molar-refractivity contribution in [2.24, 2.45) is 20.9 Å². The molecule has 4 bridgehead atoms. The van der Waals surface area contributed by atoms with E-state index in [-0.39, 0.29) is 26.0 Å². The molecule has 3 heterocycles. The number of aliphatic imine (C=N–C) groups is 3. The van der Waals surface area contributed by atoms with Gasteiger partial charge in [-0.3, -0.25) is 15.0 Å². The Bertz CT molecular complexity index is 8330. The van der Waals surface area contributed by atoms with E-state index < -0.39 is 32.9 Å². The van der Waals surface area contributed by atoms with Crippen LogP contribution in [0.2, 0.25) is 0 Å². The van der Waals surface area contributed by atoms with E-state index in [1.54, 1.807) is 0 Å². The Balaban J connectivity index is 0.0000104. The number of hydrogen-bond donors (Lipinski definition) is 0. The number of fused-ring (bicyclic) bond motifs is 30. The summed E-state index contributed by atoms with van der Waals surface area (Å²) in [6, 6.07) is 173. The summed E-state index contributed by atoms with van der Waals surface area (Å²) >= 11 is 0. The average molecular weight is 2080 g/mol. The molecular weight excluding hydrogens is 1980 g/mol. The average Bonchev–Trinajstić information content (AvgIpc) is 1.52. The first-order valence-corrected chi connectivity index (χ1v) is 52.2. The Hall–Kier alpha value is -16.9. The van der Waals surface area contributed by atoms with Crippen LogP contribution in [0, 0.1) is 24.1 Å². The monoisotopic (exact) mass is 2080 g/mol. The summed E-state index contributed by atoms with van der Waals surface area (Å²) in [5.74, 6) is 0.241. The number of pyridine rings is 3. The van der Waals surface area contributed by atoms with Crippen molar-refractivity contribution in [1.29, 1.82) is 0 Å². The molecule has 149 heavy (non-hydrogen) atoms. The van der Waals surface area contributed by atoms with Crippen LogP contribution in [0.25, 0.3) is 167 Å². The van der Waals surface area contributed by atoms with Gasteiger partial charge in [-0.15, -0.1) is 106 Å². The van der Waals surface area contributed by atoms with Crippen LogP contribution in [-0.2, 0) is 36.4 Å². The van der Waals surface area contributed by atoms with E-state index >= 15 is 0 Å². The van der Waals surface area contributed by atoms with Crippen LogP contribution in [-0.4, -0.2) is 48.7 Å². The molecule has 10 aliphatic carbocycles. The van der Waals surface area contributed by atoms with Gasteiger partial charge >= 0.3 is 20.1 Å². The van der Waals surface area contributed by atoms with Gasteiger partial charge < -0.3 is 15.0 Å². The topological polar surface area (TPSA) is 75.8 Å². The van der Waals surface area contributed by atoms with Crippen LogP contribution in [0.3, 0.4) is 0 Å². The predicted octanol–water partition coefficient (Wildman–Crippen LogP) is 33.3. The van der Waals surface area contributed by atoms with E-state index in [2.05, 4.69) is 494 Å². The first-order valence-electron chi connectivity index (χ1n) is 52.2. The second-order valence-electron chi connectivity index (χ2n) is 42.5. The minimum atomic E-state index is -0.584. The Morgan fingerprint density at radius 1 is 0.221 bits per heavy atom. The molecule has 4 saturated carbocycles. The molecule has 31 rings (SSSR count). The van der Waals surface area contributed by atoms with Crippen molar-refractivity contribution in [1.82, 2.24) is 15.0 Å². The summed E-state index contributed by atoms with van der Waals surface area (Å²) < 4.78 is 0. The maximum atomic E-state index is 6.35. The molecule has 0 aliphatic heterocycles. The molecule has 0 atom stereocenters. The Labute approximate surface area is 882 Å². The van der Waals surface area contributed by atoms with E-state index in [9.17, 15) is 0 Å². The summed E-state index contributed by atoms with van der Waals surface area (Å²) in [7, 11) is 0. The number of aromatic nitrogens is 3. The molecule has 0 unspecified atom stereocenters. The second kappa shape index (κ2) is 33.8. The van der Waals surface area contributed by atoms with Gasteiger partial charge in [-0.1, -0.05) is 382 Å². The van der Waals surface area contributed by atoms with E-state index in [1.807, 2.05) is 0 Å². The maximum Gasteiger partial charge on any atom is 3.00 e. The van der Waals surface area contributed by atoms with Crippen LogP contribution < -0.4 is 0 Å². The van der Waals surface area contributed by atoms with Crippen molar-refractivity contribution in [3.63, 3.8) is 0 Å². The van der Waals surface area contributed by atoms with Gasteiger partial charge in [0.1, 0.15) is 0 Å². The fourth-order valence-corrected chi connectivity index (χ4v) is 29.6. The predicted molar refractivity (Wildman–Crippen MR) is 603 cm³/mol. The van der Waals surface area contributed by atoms with E-state index in [1.165, 1.54) is 150 Å². The molecule has 0 radical (unpaired) electrons. The van der Waals surface area contributed by atoms with E-state index in [4.69, 9.17) is 29.9 Å². The number of nitrogens with zero attached hydrogens (tertiary/aromatic N) is 6. The van der Waals surface area contributed by atoms with E-state index in [0.29, 0.717) is 0 Å². The van der Waals surface area contributed by atoms with Crippen LogP contribution >= 0.6 is 0 Å². The second-order valence-corrected chi connectivity index (χ2v) is 42.5. The van der Waals surface area contributed by atoms with Gasteiger partial charge in [-0.25, -0.2) is 0 Å². The summed E-state index contributed by atoms with van der Waals surface area (Å²) in [5, 5.41) is 0. The van der Waals surface area contributed by atoms with Gasteiger partial charge in [0, 0.05) is 52.4 Å². The van der Waals surface area contributed by atoms with Gasteiger partial charge in [0.25, 0.3) is 0 Å². The van der Waals surface area contributed by atoms with Crippen molar-refractivity contribution in [3.05, 3.63) is 557 Å². The molecule has 704 valence electrons. The standard InChI is InChI=1S/C142H97N6.Ir/c1-88(116-82-143-131(76-113(116)92-37-7-4-8-38-92)98-46-31-43-95(73-98)101-58-34-70-128-134(101)110-55-19-28-67-125(110)140(128)119-61-22-13-49-104(119)105-50-14-23-62-120(105)140)146-137-79-91-80-138(85-137,147-89(2)117-83-144-132(77-114(117)93-39-9-5-10-40-93)99-47-32-44-96(74-99)102-59-35-71-129-135(102)111-56-20-29-68-126(111)141(129)121-63-24-15-51-106(121)107-52-16-25-64-122(107)141)87-139(81-91,86-137)148-90(3)118-84-145-133(78-115(118)94-41-11-6-12-42-94)100-48-33-45-97(75-100)103-60-36-72-130-136(103)112-57-21-30-69-127(112)142(130)123-65-26-17-53-108(123)109-54-18-27-66-124(109)142;/h4-45,49-78,82-84,91H,79-81,85-87H2,1-3H3;/q-3;+3.